The molecule has 5 rings (SSSR count). The third-order valence-electron chi connectivity index (χ3n) is 5.87. The Bertz CT molecular complexity index is 1360. The van der Waals surface area contributed by atoms with Crippen molar-refractivity contribution in [2.75, 3.05) is 6.54 Å². The lowest BCUT2D eigenvalue weighted by Gasteiger charge is -2.29. The highest BCUT2D eigenvalue weighted by Gasteiger charge is 2.28. The molecule has 1 aliphatic rings. The molecule has 9 heteroatoms. The van der Waals surface area contributed by atoms with Crippen molar-refractivity contribution in [3.8, 4) is 11.3 Å². The summed E-state index contributed by atoms with van der Waals surface area (Å²) in [6.45, 7) is 2.61. The van der Waals surface area contributed by atoms with Gasteiger partial charge in [-0.1, -0.05) is 41.7 Å². The van der Waals surface area contributed by atoms with E-state index < -0.39 is 23.6 Å². The smallest absolute Gasteiger partial charge is 0.245 e. The second-order valence-electron chi connectivity index (χ2n) is 8.37. The molecule has 34 heavy (non-hydrogen) atoms. The van der Waals surface area contributed by atoms with E-state index in [1.54, 1.807) is 23.2 Å². The van der Waals surface area contributed by atoms with E-state index in [0.717, 1.165) is 45.0 Å². The molecule has 2 aromatic heterocycles. The van der Waals surface area contributed by atoms with Crippen LogP contribution in [0.15, 0.2) is 54.7 Å². The summed E-state index contributed by atoms with van der Waals surface area (Å²) in [5.41, 5.74) is 3.35. The predicted octanol–water partition coefficient (Wildman–Crippen LogP) is 3.97. The van der Waals surface area contributed by atoms with E-state index in [0.29, 0.717) is 19.5 Å². The molecule has 1 N–H and O–H groups in total. The number of imidazole rings is 1. The van der Waals surface area contributed by atoms with Crippen LogP contribution in [0.1, 0.15) is 23.1 Å². The Hall–Kier alpha value is -3.59. The van der Waals surface area contributed by atoms with Gasteiger partial charge < -0.3 is 10.2 Å². The molecule has 6 nitrogen and oxygen atoms in total. The van der Waals surface area contributed by atoms with Crippen molar-refractivity contribution in [2.45, 2.75) is 32.4 Å². The minimum absolute atomic E-state index is 0.194. The molecule has 1 atom stereocenters. The average molecular weight is 481 g/mol. The molecular formula is C25H22F2N4O2S. The molecule has 2 aromatic carbocycles. The molecule has 4 aromatic rings. The summed E-state index contributed by atoms with van der Waals surface area (Å²) in [7, 11) is 0. The fourth-order valence-corrected chi connectivity index (χ4v) is 5.44. The van der Waals surface area contributed by atoms with Gasteiger partial charge in [0.2, 0.25) is 11.8 Å². The lowest BCUT2D eigenvalue weighted by molar-refractivity contribution is -0.136. The predicted molar refractivity (Wildman–Crippen MR) is 125 cm³/mol. The van der Waals surface area contributed by atoms with E-state index in [1.807, 2.05) is 36.5 Å². The number of hydrogen-bond acceptors (Lipinski definition) is 4. The largest absolute Gasteiger partial charge is 0.344 e. The summed E-state index contributed by atoms with van der Waals surface area (Å²) < 4.78 is 28.8. The van der Waals surface area contributed by atoms with Crippen LogP contribution in [-0.2, 0) is 29.0 Å². The van der Waals surface area contributed by atoms with Crippen LogP contribution in [0.3, 0.4) is 0 Å². The molecular weight excluding hydrogens is 458 g/mol. The van der Waals surface area contributed by atoms with E-state index in [9.17, 15) is 18.4 Å². The number of halogens is 2. The number of rotatable bonds is 5. The number of nitrogens with one attached hydrogen (secondary N) is 1. The highest BCUT2D eigenvalue weighted by Crippen LogP contribution is 2.31. The first-order chi connectivity index (χ1) is 16.4. The highest BCUT2D eigenvalue weighted by molar-refractivity contribution is 7.17. The summed E-state index contributed by atoms with van der Waals surface area (Å²) in [6.07, 6.45) is 2.52. The number of benzene rings is 2. The quantitative estimate of drug-likeness (QED) is 0.470. The summed E-state index contributed by atoms with van der Waals surface area (Å²) in [6, 6.07) is 12.2. The van der Waals surface area contributed by atoms with Crippen LogP contribution in [0, 0.1) is 11.6 Å². The molecule has 0 saturated heterocycles. The maximum absolute atomic E-state index is 13.4. The van der Waals surface area contributed by atoms with E-state index in [-0.39, 0.29) is 17.9 Å². The van der Waals surface area contributed by atoms with E-state index in [4.69, 9.17) is 4.98 Å². The highest BCUT2D eigenvalue weighted by atomic mass is 32.1. The maximum Gasteiger partial charge on any atom is 0.245 e. The van der Waals surface area contributed by atoms with E-state index in [2.05, 4.69) is 9.72 Å². The fourth-order valence-electron chi connectivity index (χ4n) is 4.27. The van der Waals surface area contributed by atoms with Crippen molar-refractivity contribution in [3.05, 3.63) is 82.5 Å². The lowest BCUT2D eigenvalue weighted by Crippen LogP contribution is -2.48. The summed E-state index contributed by atoms with van der Waals surface area (Å²) in [4.78, 5) is 33.7. The Morgan fingerprint density at radius 3 is 2.62 bits per heavy atom. The van der Waals surface area contributed by atoms with E-state index >= 15 is 0 Å². The molecule has 3 heterocycles. The molecule has 174 valence electrons. The molecule has 2 amide bonds. The van der Waals surface area contributed by atoms with Gasteiger partial charge in [-0.25, -0.2) is 13.8 Å². The monoisotopic (exact) mass is 480 g/mol. The van der Waals surface area contributed by atoms with E-state index in [1.165, 1.54) is 0 Å². The number of carbonyl (C=O) groups is 2. The summed E-state index contributed by atoms with van der Waals surface area (Å²) in [5, 5.41) is 2.65. The number of amides is 2. The molecule has 0 unspecified atom stereocenters. The van der Waals surface area contributed by atoms with Crippen LogP contribution in [0.4, 0.5) is 8.78 Å². The van der Waals surface area contributed by atoms with Gasteiger partial charge in [0.25, 0.3) is 0 Å². The van der Waals surface area contributed by atoms with Gasteiger partial charge in [-0.15, -0.1) is 0 Å². The molecule has 1 aliphatic heterocycles. The summed E-state index contributed by atoms with van der Waals surface area (Å²) in [5.74, 6) is -2.14. The molecule has 0 fully saturated rings. The molecule has 0 spiro atoms. The zero-order chi connectivity index (χ0) is 23.8. The number of aromatic nitrogens is 2. The van der Waals surface area contributed by atoms with Gasteiger partial charge in [-0.05, 0) is 24.6 Å². The Labute approximate surface area is 198 Å². The Morgan fingerprint density at radius 2 is 1.88 bits per heavy atom. The van der Waals surface area contributed by atoms with Crippen LogP contribution in [0.5, 0.6) is 0 Å². The number of fused-ring (bicyclic) bond motifs is 3. The van der Waals surface area contributed by atoms with Gasteiger partial charge in [0.05, 0.1) is 18.7 Å². The van der Waals surface area contributed by atoms with Crippen molar-refractivity contribution in [2.24, 2.45) is 0 Å². The van der Waals surface area contributed by atoms with Crippen LogP contribution >= 0.6 is 11.3 Å². The lowest BCUT2D eigenvalue weighted by atomic mass is 10.1. The maximum atomic E-state index is 13.4. The van der Waals surface area contributed by atoms with Crippen LogP contribution in [-0.4, -0.2) is 38.7 Å². The first-order valence-corrected chi connectivity index (χ1v) is 11.8. The third-order valence-corrected chi connectivity index (χ3v) is 6.95. The molecule has 0 radical (unpaired) electrons. The van der Waals surface area contributed by atoms with Gasteiger partial charge in [0, 0.05) is 41.4 Å². The van der Waals surface area contributed by atoms with Crippen molar-refractivity contribution < 1.29 is 18.4 Å². The van der Waals surface area contributed by atoms with Gasteiger partial charge in [0.15, 0.2) is 4.96 Å². The SMILES string of the molecule is C[C@@H](NC(=O)Cc1cc(F)cc(F)c1)C(=O)N1CCc2c(sc3nc(-c4ccccc4)cn23)C1. The van der Waals surface area contributed by atoms with Crippen molar-refractivity contribution in [3.63, 3.8) is 0 Å². The van der Waals surface area contributed by atoms with Crippen LogP contribution in [0.25, 0.3) is 16.2 Å². The molecule has 0 saturated carbocycles. The topological polar surface area (TPSA) is 66.7 Å². The fraction of sp³-hybridized carbons (Fsp3) is 0.240. The summed E-state index contributed by atoms with van der Waals surface area (Å²) >= 11 is 1.57. The van der Waals surface area contributed by atoms with Gasteiger partial charge in [-0.3, -0.25) is 14.0 Å². The average Bonchev–Trinajstić information content (AvgIpc) is 3.36. The molecule has 0 aliphatic carbocycles. The first kappa shape index (κ1) is 22.2. The standard InChI is InChI=1S/C25H22F2N4O2S/c1-15(28-23(32)11-16-9-18(26)12-19(27)10-16)24(33)30-8-7-21-22(14-30)34-25-29-20(13-31(21)25)17-5-3-2-4-6-17/h2-6,9-10,12-13,15H,7-8,11,14H2,1H3,(H,28,32)/t15-/m1/s1. The van der Waals surface area contributed by atoms with Gasteiger partial charge >= 0.3 is 0 Å². The minimum Gasteiger partial charge on any atom is -0.344 e. The Morgan fingerprint density at radius 1 is 1.15 bits per heavy atom. The minimum atomic E-state index is -0.749. The second-order valence-corrected chi connectivity index (χ2v) is 9.43. The first-order valence-electron chi connectivity index (χ1n) is 11.0. The zero-order valence-electron chi connectivity index (χ0n) is 18.4. The number of hydrogen-bond donors (Lipinski definition) is 1. The van der Waals surface area contributed by atoms with Crippen LogP contribution in [0.2, 0.25) is 0 Å². The zero-order valence-corrected chi connectivity index (χ0v) is 19.2. The normalized spacial score (nSPS) is 14.1. The van der Waals surface area contributed by atoms with Crippen molar-refractivity contribution >= 4 is 28.1 Å². The third kappa shape index (κ3) is 4.43. The van der Waals surface area contributed by atoms with Crippen LogP contribution < -0.4 is 5.32 Å². The molecule has 0 bridgehead atoms. The number of thiazole rings is 1. The number of carbonyl (C=O) groups excluding carboxylic acids is 2. The second kappa shape index (κ2) is 8.98. The number of nitrogens with zero attached hydrogens (tertiary/aromatic N) is 3. The van der Waals surface area contributed by atoms with Gasteiger partial charge in [0.1, 0.15) is 17.7 Å². The Kier molecular flexibility index (Phi) is 5.87. The Balaban J connectivity index is 1.24. The van der Waals surface area contributed by atoms with Crippen molar-refractivity contribution in [1.29, 1.82) is 0 Å². The van der Waals surface area contributed by atoms with Gasteiger partial charge in [-0.2, -0.15) is 0 Å². The van der Waals surface area contributed by atoms with Crippen molar-refractivity contribution in [1.82, 2.24) is 19.6 Å².